The molecule has 0 atom stereocenters. The minimum Gasteiger partial charge on any atom is -0.497 e. The van der Waals surface area contributed by atoms with E-state index in [2.05, 4.69) is 10.3 Å². The van der Waals surface area contributed by atoms with Crippen LogP contribution in [-0.2, 0) is 6.54 Å². The summed E-state index contributed by atoms with van der Waals surface area (Å²) in [4.78, 5) is 18.6. The molecule has 4 nitrogen and oxygen atoms in total. The van der Waals surface area contributed by atoms with Crippen LogP contribution in [-0.4, -0.2) is 18.0 Å². The SMILES string of the molecule is COc1ccc(C(=O)NCc2ccc(-c3csc(C)n3)s2)c(F)c1. The molecule has 0 fully saturated rings. The molecule has 0 radical (unpaired) electrons. The van der Waals surface area contributed by atoms with Gasteiger partial charge in [-0.1, -0.05) is 0 Å². The van der Waals surface area contributed by atoms with E-state index in [1.807, 2.05) is 24.4 Å². The molecule has 0 saturated heterocycles. The molecule has 0 bridgehead atoms. The van der Waals surface area contributed by atoms with E-state index >= 15 is 0 Å². The highest BCUT2D eigenvalue weighted by molar-refractivity contribution is 7.16. The van der Waals surface area contributed by atoms with Crippen LogP contribution in [0.2, 0.25) is 0 Å². The summed E-state index contributed by atoms with van der Waals surface area (Å²) in [5, 5.41) is 5.76. The van der Waals surface area contributed by atoms with Gasteiger partial charge in [-0.25, -0.2) is 9.37 Å². The first-order chi connectivity index (χ1) is 11.6. The Labute approximate surface area is 146 Å². The number of rotatable bonds is 5. The lowest BCUT2D eigenvalue weighted by Crippen LogP contribution is -2.23. The number of amides is 1. The van der Waals surface area contributed by atoms with Crippen LogP contribution in [0.4, 0.5) is 4.39 Å². The Kier molecular flexibility index (Phi) is 4.92. The first-order valence-electron chi connectivity index (χ1n) is 7.20. The average molecular weight is 362 g/mol. The number of aromatic nitrogens is 1. The Morgan fingerprint density at radius 2 is 2.17 bits per heavy atom. The van der Waals surface area contributed by atoms with Crippen LogP contribution in [0.25, 0.3) is 10.6 Å². The number of methoxy groups -OCH3 is 1. The van der Waals surface area contributed by atoms with Gasteiger partial charge in [0, 0.05) is 16.3 Å². The van der Waals surface area contributed by atoms with Crippen molar-refractivity contribution < 1.29 is 13.9 Å². The largest absolute Gasteiger partial charge is 0.497 e. The molecule has 24 heavy (non-hydrogen) atoms. The third-order valence-electron chi connectivity index (χ3n) is 3.38. The summed E-state index contributed by atoms with van der Waals surface area (Å²) in [5.41, 5.74) is 0.948. The second-order valence-electron chi connectivity index (χ2n) is 5.05. The van der Waals surface area contributed by atoms with Crippen LogP contribution in [0.5, 0.6) is 5.75 Å². The summed E-state index contributed by atoms with van der Waals surface area (Å²) in [5.74, 6) is -0.670. The number of thiophene rings is 1. The summed E-state index contributed by atoms with van der Waals surface area (Å²) in [6.45, 7) is 2.31. The molecule has 1 N–H and O–H groups in total. The highest BCUT2D eigenvalue weighted by Gasteiger charge is 2.13. The van der Waals surface area contributed by atoms with Gasteiger partial charge in [0.05, 0.1) is 34.8 Å². The molecule has 0 unspecified atom stereocenters. The van der Waals surface area contributed by atoms with Crippen molar-refractivity contribution in [1.82, 2.24) is 10.3 Å². The maximum atomic E-state index is 13.9. The Morgan fingerprint density at radius 3 is 2.83 bits per heavy atom. The number of carbonyl (C=O) groups is 1. The van der Waals surface area contributed by atoms with Crippen molar-refractivity contribution in [2.75, 3.05) is 7.11 Å². The number of halogens is 1. The van der Waals surface area contributed by atoms with Crippen molar-refractivity contribution >= 4 is 28.6 Å². The maximum Gasteiger partial charge on any atom is 0.254 e. The molecule has 124 valence electrons. The number of nitrogens with zero attached hydrogens (tertiary/aromatic N) is 1. The fourth-order valence-electron chi connectivity index (χ4n) is 2.16. The molecular formula is C17H15FN2O2S2. The lowest BCUT2D eigenvalue weighted by Gasteiger charge is -2.06. The molecule has 0 spiro atoms. The van der Waals surface area contributed by atoms with Crippen molar-refractivity contribution in [3.05, 3.63) is 57.0 Å². The number of carbonyl (C=O) groups excluding carboxylic acids is 1. The molecule has 1 amide bonds. The van der Waals surface area contributed by atoms with E-state index in [1.54, 1.807) is 28.7 Å². The first-order valence-corrected chi connectivity index (χ1v) is 8.89. The van der Waals surface area contributed by atoms with Crippen LogP contribution < -0.4 is 10.1 Å². The second kappa shape index (κ2) is 7.11. The van der Waals surface area contributed by atoms with Crippen LogP contribution in [0, 0.1) is 12.7 Å². The minimum absolute atomic E-state index is 0.00251. The van der Waals surface area contributed by atoms with E-state index in [-0.39, 0.29) is 5.56 Å². The molecule has 2 aromatic heterocycles. The third kappa shape index (κ3) is 3.63. The quantitative estimate of drug-likeness (QED) is 0.738. The number of hydrogen-bond donors (Lipinski definition) is 1. The zero-order valence-electron chi connectivity index (χ0n) is 13.1. The van der Waals surface area contributed by atoms with Gasteiger partial charge in [0.15, 0.2) is 0 Å². The zero-order chi connectivity index (χ0) is 17.1. The summed E-state index contributed by atoms with van der Waals surface area (Å²) in [7, 11) is 1.45. The van der Waals surface area contributed by atoms with Gasteiger partial charge < -0.3 is 10.1 Å². The highest BCUT2D eigenvalue weighted by Crippen LogP contribution is 2.29. The zero-order valence-corrected chi connectivity index (χ0v) is 14.8. The lowest BCUT2D eigenvalue weighted by atomic mass is 10.2. The highest BCUT2D eigenvalue weighted by atomic mass is 32.1. The fraction of sp³-hybridized carbons (Fsp3) is 0.176. The standard InChI is InChI=1S/C17H15FN2O2S2/c1-10-20-15(9-23-10)16-6-4-12(24-16)8-19-17(21)13-5-3-11(22-2)7-14(13)18/h3-7,9H,8H2,1-2H3,(H,19,21). The molecule has 0 aliphatic carbocycles. The van der Waals surface area contributed by atoms with Crippen molar-refractivity contribution in [2.45, 2.75) is 13.5 Å². The molecule has 3 aromatic rings. The number of aryl methyl sites for hydroxylation is 1. The Hall–Kier alpha value is -2.25. The van der Waals surface area contributed by atoms with Crippen LogP contribution in [0.3, 0.4) is 0 Å². The smallest absolute Gasteiger partial charge is 0.254 e. The fourth-order valence-corrected chi connectivity index (χ4v) is 3.75. The van der Waals surface area contributed by atoms with Gasteiger partial charge >= 0.3 is 0 Å². The number of nitrogens with one attached hydrogen (secondary N) is 1. The van der Waals surface area contributed by atoms with Crippen molar-refractivity contribution in [2.24, 2.45) is 0 Å². The molecule has 0 aliphatic rings. The van der Waals surface area contributed by atoms with E-state index in [4.69, 9.17) is 4.74 Å². The predicted octanol–water partition coefficient (Wildman–Crippen LogP) is 4.26. The van der Waals surface area contributed by atoms with E-state index in [9.17, 15) is 9.18 Å². The van der Waals surface area contributed by atoms with Gasteiger partial charge in [-0.3, -0.25) is 4.79 Å². The lowest BCUT2D eigenvalue weighted by molar-refractivity contribution is 0.0947. The van der Waals surface area contributed by atoms with Crippen molar-refractivity contribution in [3.8, 4) is 16.3 Å². The topological polar surface area (TPSA) is 51.2 Å². The second-order valence-corrected chi connectivity index (χ2v) is 7.28. The van der Waals surface area contributed by atoms with E-state index < -0.39 is 11.7 Å². The van der Waals surface area contributed by atoms with Crippen LogP contribution in [0.1, 0.15) is 20.2 Å². The molecular weight excluding hydrogens is 347 g/mol. The van der Waals surface area contributed by atoms with E-state index in [0.29, 0.717) is 12.3 Å². The monoisotopic (exact) mass is 362 g/mol. The molecule has 7 heteroatoms. The van der Waals surface area contributed by atoms with Gasteiger partial charge in [-0.05, 0) is 31.2 Å². The number of thiazole rings is 1. The maximum absolute atomic E-state index is 13.9. The summed E-state index contributed by atoms with van der Waals surface area (Å²) < 4.78 is 18.8. The number of benzene rings is 1. The normalized spacial score (nSPS) is 10.6. The van der Waals surface area contributed by atoms with Crippen LogP contribution >= 0.6 is 22.7 Å². The molecule has 0 saturated carbocycles. The molecule has 0 aliphatic heterocycles. The minimum atomic E-state index is -0.600. The number of hydrogen-bond acceptors (Lipinski definition) is 5. The summed E-state index contributed by atoms with van der Waals surface area (Å²) in [6.07, 6.45) is 0. The van der Waals surface area contributed by atoms with Gasteiger partial charge in [-0.2, -0.15) is 0 Å². The summed E-state index contributed by atoms with van der Waals surface area (Å²) >= 11 is 3.16. The Bertz CT molecular complexity index is 873. The average Bonchev–Trinajstić information content (AvgIpc) is 3.21. The van der Waals surface area contributed by atoms with Gasteiger partial charge in [-0.15, -0.1) is 22.7 Å². The van der Waals surface area contributed by atoms with Gasteiger partial charge in [0.25, 0.3) is 5.91 Å². The van der Waals surface area contributed by atoms with Crippen LogP contribution in [0.15, 0.2) is 35.7 Å². The number of ether oxygens (including phenoxy) is 1. The summed E-state index contributed by atoms with van der Waals surface area (Å²) in [6, 6.07) is 8.10. The van der Waals surface area contributed by atoms with Crippen molar-refractivity contribution in [3.63, 3.8) is 0 Å². The van der Waals surface area contributed by atoms with E-state index in [0.717, 1.165) is 20.5 Å². The molecule has 2 heterocycles. The first kappa shape index (κ1) is 16.6. The van der Waals surface area contributed by atoms with Crippen molar-refractivity contribution in [1.29, 1.82) is 0 Å². The van der Waals surface area contributed by atoms with Gasteiger partial charge in [0.1, 0.15) is 11.6 Å². The molecule has 3 rings (SSSR count). The Morgan fingerprint density at radius 1 is 1.33 bits per heavy atom. The molecule has 1 aromatic carbocycles. The van der Waals surface area contributed by atoms with Gasteiger partial charge in [0.2, 0.25) is 0 Å². The third-order valence-corrected chi connectivity index (χ3v) is 5.26. The predicted molar refractivity (Wildman–Crippen MR) is 94.3 cm³/mol. The van der Waals surface area contributed by atoms with E-state index in [1.165, 1.54) is 19.2 Å². The Balaban J connectivity index is 1.65.